The fraction of sp³-hybridized carbons (Fsp3) is 0.600. The predicted octanol–water partition coefficient (Wildman–Crippen LogP) is 3.21. The summed E-state index contributed by atoms with van der Waals surface area (Å²) >= 11 is 0. The molecule has 0 bridgehead atoms. The summed E-state index contributed by atoms with van der Waals surface area (Å²) in [5, 5.41) is 3.50. The number of fused-ring (bicyclic) bond motifs is 2. The van der Waals surface area contributed by atoms with Crippen molar-refractivity contribution in [1.29, 1.82) is 0 Å². The van der Waals surface area contributed by atoms with E-state index < -0.39 is 0 Å². The second-order valence-corrected chi connectivity index (χ2v) is 5.56. The van der Waals surface area contributed by atoms with E-state index in [4.69, 9.17) is 0 Å². The van der Waals surface area contributed by atoms with E-state index in [1.807, 2.05) is 0 Å². The fourth-order valence-electron chi connectivity index (χ4n) is 3.62. The van der Waals surface area contributed by atoms with Gasteiger partial charge in [-0.05, 0) is 61.2 Å². The monoisotopic (exact) mass is 215 g/mol. The van der Waals surface area contributed by atoms with Crippen molar-refractivity contribution in [2.45, 2.75) is 43.9 Å². The molecule has 1 aliphatic carbocycles. The molecule has 0 radical (unpaired) electrons. The summed E-state index contributed by atoms with van der Waals surface area (Å²) < 4.78 is 0. The molecule has 1 aromatic carbocycles. The van der Waals surface area contributed by atoms with Gasteiger partial charge in [0.25, 0.3) is 0 Å². The van der Waals surface area contributed by atoms with Crippen molar-refractivity contribution in [3.05, 3.63) is 35.4 Å². The van der Waals surface area contributed by atoms with E-state index in [-0.39, 0.29) is 0 Å². The molecule has 1 atom stereocenters. The SMILES string of the molecule is C[C@H]1CCC2(CCNCC2)c2ccccc21. The molecule has 1 aromatic rings. The minimum absolute atomic E-state index is 0.508. The van der Waals surface area contributed by atoms with Gasteiger partial charge in [-0.1, -0.05) is 31.2 Å². The summed E-state index contributed by atoms with van der Waals surface area (Å²) in [6.07, 6.45) is 5.43. The van der Waals surface area contributed by atoms with Crippen LogP contribution in [-0.4, -0.2) is 13.1 Å². The van der Waals surface area contributed by atoms with Crippen LogP contribution in [0.5, 0.6) is 0 Å². The molecule has 0 amide bonds. The van der Waals surface area contributed by atoms with Crippen molar-refractivity contribution < 1.29 is 0 Å². The van der Waals surface area contributed by atoms with Crippen LogP contribution in [0.3, 0.4) is 0 Å². The van der Waals surface area contributed by atoms with E-state index in [0.29, 0.717) is 5.41 Å². The maximum Gasteiger partial charge on any atom is -0.00198 e. The third-order valence-electron chi connectivity index (χ3n) is 4.68. The minimum Gasteiger partial charge on any atom is -0.317 e. The summed E-state index contributed by atoms with van der Waals surface area (Å²) in [5.74, 6) is 0.761. The lowest BCUT2D eigenvalue weighted by Gasteiger charge is -2.44. The normalized spacial score (nSPS) is 27.7. The summed E-state index contributed by atoms with van der Waals surface area (Å²) in [4.78, 5) is 0. The summed E-state index contributed by atoms with van der Waals surface area (Å²) in [6.45, 7) is 4.78. The number of hydrogen-bond donors (Lipinski definition) is 1. The quantitative estimate of drug-likeness (QED) is 0.700. The van der Waals surface area contributed by atoms with E-state index >= 15 is 0 Å². The molecule has 1 heteroatoms. The topological polar surface area (TPSA) is 12.0 Å². The lowest BCUT2D eigenvalue weighted by atomic mass is 9.63. The van der Waals surface area contributed by atoms with E-state index in [1.54, 1.807) is 11.1 Å². The van der Waals surface area contributed by atoms with Crippen LogP contribution in [0.1, 0.15) is 49.7 Å². The van der Waals surface area contributed by atoms with Crippen LogP contribution in [0.15, 0.2) is 24.3 Å². The largest absolute Gasteiger partial charge is 0.317 e. The van der Waals surface area contributed by atoms with Gasteiger partial charge in [-0.2, -0.15) is 0 Å². The van der Waals surface area contributed by atoms with Crippen molar-refractivity contribution in [1.82, 2.24) is 5.32 Å². The highest BCUT2D eigenvalue weighted by atomic mass is 14.9. The Morgan fingerprint density at radius 3 is 2.69 bits per heavy atom. The highest BCUT2D eigenvalue weighted by Crippen LogP contribution is 2.47. The van der Waals surface area contributed by atoms with Crippen molar-refractivity contribution in [3.63, 3.8) is 0 Å². The first-order valence-electron chi connectivity index (χ1n) is 6.62. The molecule has 1 nitrogen and oxygen atoms in total. The van der Waals surface area contributed by atoms with Crippen LogP contribution in [0, 0.1) is 0 Å². The molecule has 1 N–H and O–H groups in total. The Labute approximate surface area is 98.3 Å². The van der Waals surface area contributed by atoms with Crippen molar-refractivity contribution in [2.75, 3.05) is 13.1 Å². The number of piperidine rings is 1. The third kappa shape index (κ3) is 1.49. The lowest BCUT2D eigenvalue weighted by molar-refractivity contribution is 0.258. The highest BCUT2D eigenvalue weighted by Gasteiger charge is 2.38. The number of benzene rings is 1. The van der Waals surface area contributed by atoms with Crippen molar-refractivity contribution in [2.24, 2.45) is 0 Å². The Balaban J connectivity index is 2.06. The Kier molecular flexibility index (Phi) is 2.51. The van der Waals surface area contributed by atoms with Gasteiger partial charge in [-0.3, -0.25) is 0 Å². The number of nitrogens with one attached hydrogen (secondary N) is 1. The van der Waals surface area contributed by atoms with Gasteiger partial charge in [0.15, 0.2) is 0 Å². The molecule has 86 valence electrons. The van der Waals surface area contributed by atoms with Crippen molar-refractivity contribution >= 4 is 0 Å². The summed E-state index contributed by atoms with van der Waals surface area (Å²) in [6, 6.07) is 9.16. The van der Waals surface area contributed by atoms with E-state index in [1.165, 1.54) is 38.8 Å². The van der Waals surface area contributed by atoms with Gasteiger partial charge in [0.05, 0.1) is 0 Å². The minimum atomic E-state index is 0.508. The summed E-state index contributed by atoms with van der Waals surface area (Å²) in [5.41, 5.74) is 3.79. The van der Waals surface area contributed by atoms with Gasteiger partial charge < -0.3 is 5.32 Å². The Morgan fingerprint density at radius 1 is 1.12 bits per heavy atom. The molecule has 16 heavy (non-hydrogen) atoms. The summed E-state index contributed by atoms with van der Waals surface area (Å²) in [7, 11) is 0. The first kappa shape index (κ1) is 10.3. The molecule has 3 rings (SSSR count). The first-order valence-corrected chi connectivity index (χ1v) is 6.62. The molecule has 0 aromatic heterocycles. The van der Waals surface area contributed by atoms with Crippen LogP contribution >= 0.6 is 0 Å². The maximum absolute atomic E-state index is 3.50. The van der Waals surface area contributed by atoms with Gasteiger partial charge in [-0.25, -0.2) is 0 Å². The maximum atomic E-state index is 3.50. The van der Waals surface area contributed by atoms with Gasteiger partial charge in [0.2, 0.25) is 0 Å². The zero-order valence-electron chi connectivity index (χ0n) is 10.1. The van der Waals surface area contributed by atoms with Crippen LogP contribution in [-0.2, 0) is 5.41 Å². The Hall–Kier alpha value is -0.820. The van der Waals surface area contributed by atoms with Gasteiger partial charge in [-0.15, -0.1) is 0 Å². The molecule has 1 spiro atoms. The Bertz CT molecular complexity index is 377. The molecule has 2 aliphatic rings. The van der Waals surface area contributed by atoms with E-state index in [2.05, 4.69) is 36.5 Å². The lowest BCUT2D eigenvalue weighted by Crippen LogP contribution is -2.42. The second-order valence-electron chi connectivity index (χ2n) is 5.56. The van der Waals surface area contributed by atoms with Gasteiger partial charge in [0, 0.05) is 0 Å². The van der Waals surface area contributed by atoms with Crippen LogP contribution in [0.25, 0.3) is 0 Å². The van der Waals surface area contributed by atoms with E-state index in [0.717, 1.165) is 5.92 Å². The Morgan fingerprint density at radius 2 is 1.88 bits per heavy atom. The standard InChI is InChI=1S/C15H21N/c1-12-6-7-15(8-10-16-11-9-15)14-5-3-2-4-13(12)14/h2-5,12,16H,6-11H2,1H3/t12-/m0/s1. The molecule has 0 saturated carbocycles. The molecular weight excluding hydrogens is 194 g/mol. The number of rotatable bonds is 0. The molecule has 1 saturated heterocycles. The van der Waals surface area contributed by atoms with E-state index in [9.17, 15) is 0 Å². The average molecular weight is 215 g/mol. The highest BCUT2D eigenvalue weighted by molar-refractivity contribution is 5.39. The van der Waals surface area contributed by atoms with Crippen LogP contribution < -0.4 is 5.32 Å². The van der Waals surface area contributed by atoms with Gasteiger partial charge >= 0.3 is 0 Å². The fourth-order valence-corrected chi connectivity index (χ4v) is 3.62. The van der Waals surface area contributed by atoms with Crippen LogP contribution in [0.2, 0.25) is 0 Å². The van der Waals surface area contributed by atoms with Crippen molar-refractivity contribution in [3.8, 4) is 0 Å². The van der Waals surface area contributed by atoms with Crippen LogP contribution in [0.4, 0.5) is 0 Å². The smallest absolute Gasteiger partial charge is 0.00198 e. The zero-order chi connectivity index (χ0) is 11.0. The molecule has 1 fully saturated rings. The zero-order valence-corrected chi connectivity index (χ0v) is 10.1. The third-order valence-corrected chi connectivity index (χ3v) is 4.68. The average Bonchev–Trinajstić information content (AvgIpc) is 2.36. The first-order chi connectivity index (χ1) is 7.82. The molecule has 0 unspecified atom stereocenters. The second kappa shape index (κ2) is 3.89. The molecular formula is C15H21N. The molecule has 1 heterocycles. The molecule has 1 aliphatic heterocycles. The van der Waals surface area contributed by atoms with Gasteiger partial charge in [0.1, 0.15) is 0 Å². The predicted molar refractivity (Wildman–Crippen MR) is 67.9 cm³/mol. The number of hydrogen-bond acceptors (Lipinski definition) is 1.